The Morgan fingerprint density at radius 3 is 2.52 bits per heavy atom. The van der Waals surface area contributed by atoms with Crippen LogP contribution in [-0.4, -0.2) is 23.4 Å². The molecule has 0 saturated heterocycles. The molecule has 0 radical (unpaired) electrons. The van der Waals surface area contributed by atoms with Gasteiger partial charge in [-0.1, -0.05) is 36.4 Å². The van der Waals surface area contributed by atoms with Crippen molar-refractivity contribution in [3.8, 4) is 0 Å². The van der Waals surface area contributed by atoms with Crippen molar-refractivity contribution in [3.63, 3.8) is 0 Å². The summed E-state index contributed by atoms with van der Waals surface area (Å²) in [6.07, 6.45) is 0. The summed E-state index contributed by atoms with van der Waals surface area (Å²) in [7, 11) is 0. The van der Waals surface area contributed by atoms with Gasteiger partial charge in [-0.05, 0) is 25.5 Å². The van der Waals surface area contributed by atoms with E-state index in [0.717, 1.165) is 11.6 Å². The lowest BCUT2D eigenvalue weighted by Crippen LogP contribution is -2.31. The van der Waals surface area contributed by atoms with Crippen molar-refractivity contribution in [1.82, 2.24) is 5.32 Å². The number of hydrogen-bond acceptors (Lipinski definition) is 5. The molecule has 0 bridgehead atoms. The van der Waals surface area contributed by atoms with Crippen LogP contribution in [0.3, 0.4) is 0 Å². The minimum Gasteiger partial charge on any atom is -0.452 e. The molecule has 2 rings (SSSR count). The number of benzene rings is 2. The van der Waals surface area contributed by atoms with E-state index in [0.29, 0.717) is 5.56 Å². The molecule has 25 heavy (non-hydrogen) atoms. The third-order valence-corrected chi connectivity index (χ3v) is 3.65. The zero-order chi connectivity index (χ0) is 18.4. The Bertz CT molecular complexity index is 789. The fraction of sp³-hybridized carbons (Fsp3) is 0.222. The average molecular weight is 342 g/mol. The molecule has 0 heterocycles. The third kappa shape index (κ3) is 4.87. The van der Waals surface area contributed by atoms with Gasteiger partial charge < -0.3 is 10.1 Å². The van der Waals surface area contributed by atoms with E-state index in [1.165, 1.54) is 12.1 Å². The number of carbonyl (C=O) groups excluding carboxylic acids is 2. The summed E-state index contributed by atoms with van der Waals surface area (Å²) in [5, 5.41) is 13.6. The molecule has 0 fully saturated rings. The predicted octanol–water partition coefficient (Wildman–Crippen LogP) is 2.94. The van der Waals surface area contributed by atoms with Gasteiger partial charge in [0.15, 0.2) is 6.61 Å². The van der Waals surface area contributed by atoms with Crippen molar-refractivity contribution in [2.75, 3.05) is 6.61 Å². The predicted molar refractivity (Wildman–Crippen MR) is 91.1 cm³/mol. The highest BCUT2D eigenvalue weighted by atomic mass is 16.6. The molecule has 0 aliphatic carbocycles. The number of nitrogens with one attached hydrogen (secondary N) is 1. The van der Waals surface area contributed by atoms with Crippen LogP contribution in [0.25, 0.3) is 0 Å². The zero-order valence-corrected chi connectivity index (χ0v) is 13.9. The van der Waals surface area contributed by atoms with Crippen LogP contribution in [0.15, 0.2) is 48.5 Å². The number of nitrogens with zero attached hydrogens (tertiary/aromatic N) is 1. The van der Waals surface area contributed by atoms with Crippen molar-refractivity contribution >= 4 is 17.6 Å². The molecule has 0 unspecified atom stereocenters. The molecule has 0 aliphatic rings. The topological polar surface area (TPSA) is 98.5 Å². The van der Waals surface area contributed by atoms with E-state index >= 15 is 0 Å². The second-order valence-electron chi connectivity index (χ2n) is 5.53. The first-order chi connectivity index (χ1) is 11.9. The standard InChI is InChI=1S/C18H18N2O5/c1-12-8-9-15(10-16(12)20(23)24)18(22)25-11-17(21)19-13(2)14-6-4-3-5-7-14/h3-10,13H,11H2,1-2H3,(H,19,21)/t13-/m0/s1. The fourth-order valence-electron chi connectivity index (χ4n) is 2.26. The van der Waals surface area contributed by atoms with Crippen LogP contribution in [0, 0.1) is 17.0 Å². The summed E-state index contributed by atoms with van der Waals surface area (Å²) >= 11 is 0. The SMILES string of the molecule is Cc1ccc(C(=O)OCC(=O)N[C@@H](C)c2ccccc2)cc1[N+](=O)[O-]. The average Bonchev–Trinajstić information content (AvgIpc) is 2.60. The van der Waals surface area contributed by atoms with E-state index in [1.807, 2.05) is 37.3 Å². The maximum absolute atomic E-state index is 12.0. The first-order valence-electron chi connectivity index (χ1n) is 7.65. The van der Waals surface area contributed by atoms with Crippen LogP contribution < -0.4 is 5.32 Å². The lowest BCUT2D eigenvalue weighted by atomic mass is 10.1. The molecule has 1 atom stereocenters. The summed E-state index contributed by atoms with van der Waals surface area (Å²) in [4.78, 5) is 34.2. The Morgan fingerprint density at radius 2 is 1.88 bits per heavy atom. The van der Waals surface area contributed by atoms with Crippen molar-refractivity contribution in [2.45, 2.75) is 19.9 Å². The number of ether oxygens (including phenoxy) is 1. The third-order valence-electron chi connectivity index (χ3n) is 3.65. The number of esters is 1. The number of hydrogen-bond donors (Lipinski definition) is 1. The number of rotatable bonds is 6. The number of nitro benzene ring substituents is 1. The minimum absolute atomic E-state index is 0.0289. The van der Waals surface area contributed by atoms with Gasteiger partial charge in [0.05, 0.1) is 16.5 Å². The molecule has 1 amide bonds. The number of nitro groups is 1. The molecule has 2 aromatic carbocycles. The summed E-state index contributed by atoms with van der Waals surface area (Å²) in [6, 6.07) is 13.2. The van der Waals surface area contributed by atoms with Gasteiger partial charge in [0.1, 0.15) is 0 Å². The maximum Gasteiger partial charge on any atom is 0.338 e. The lowest BCUT2D eigenvalue weighted by molar-refractivity contribution is -0.385. The van der Waals surface area contributed by atoms with E-state index in [2.05, 4.69) is 5.32 Å². The number of aryl methyl sites for hydroxylation is 1. The summed E-state index contributed by atoms with van der Waals surface area (Å²) in [5.41, 5.74) is 1.23. The van der Waals surface area contributed by atoms with E-state index in [4.69, 9.17) is 4.74 Å². The smallest absolute Gasteiger partial charge is 0.338 e. The highest BCUT2D eigenvalue weighted by Gasteiger charge is 2.17. The van der Waals surface area contributed by atoms with Gasteiger partial charge in [-0.15, -0.1) is 0 Å². The number of amides is 1. The Morgan fingerprint density at radius 1 is 1.20 bits per heavy atom. The van der Waals surface area contributed by atoms with E-state index in [9.17, 15) is 19.7 Å². The van der Waals surface area contributed by atoms with E-state index < -0.39 is 23.4 Å². The molecule has 130 valence electrons. The maximum atomic E-state index is 12.0. The first kappa shape index (κ1) is 18.1. The summed E-state index contributed by atoms with van der Waals surface area (Å²) in [5.74, 6) is -1.24. The Balaban J connectivity index is 1.92. The molecule has 0 aliphatic heterocycles. The molecule has 7 heteroatoms. The minimum atomic E-state index is -0.786. The van der Waals surface area contributed by atoms with Crippen LogP contribution in [0.4, 0.5) is 5.69 Å². The highest BCUT2D eigenvalue weighted by molar-refractivity contribution is 5.92. The van der Waals surface area contributed by atoms with Gasteiger partial charge in [-0.2, -0.15) is 0 Å². The molecule has 1 N–H and O–H groups in total. The molecule has 0 aromatic heterocycles. The molecule has 2 aromatic rings. The van der Waals surface area contributed by atoms with Crippen molar-refractivity contribution < 1.29 is 19.2 Å². The van der Waals surface area contributed by atoms with Gasteiger partial charge >= 0.3 is 5.97 Å². The second kappa shape index (κ2) is 8.05. The first-order valence-corrected chi connectivity index (χ1v) is 7.65. The Kier molecular flexibility index (Phi) is 5.84. The highest BCUT2D eigenvalue weighted by Crippen LogP contribution is 2.19. The number of carbonyl (C=O) groups is 2. The molecule has 0 spiro atoms. The second-order valence-corrected chi connectivity index (χ2v) is 5.53. The van der Waals surface area contributed by atoms with Crippen LogP contribution in [-0.2, 0) is 9.53 Å². The molecule has 7 nitrogen and oxygen atoms in total. The zero-order valence-electron chi connectivity index (χ0n) is 13.9. The lowest BCUT2D eigenvalue weighted by Gasteiger charge is -2.14. The van der Waals surface area contributed by atoms with Crippen LogP contribution in [0.2, 0.25) is 0 Å². The summed E-state index contributed by atoms with van der Waals surface area (Å²) < 4.78 is 4.93. The Hall–Kier alpha value is -3.22. The van der Waals surface area contributed by atoms with Gasteiger partial charge in [0, 0.05) is 11.6 Å². The molecule has 0 saturated carbocycles. The largest absolute Gasteiger partial charge is 0.452 e. The van der Waals surface area contributed by atoms with Gasteiger partial charge in [-0.25, -0.2) is 4.79 Å². The normalized spacial score (nSPS) is 11.4. The monoisotopic (exact) mass is 342 g/mol. The van der Waals surface area contributed by atoms with Gasteiger partial charge in [-0.3, -0.25) is 14.9 Å². The summed E-state index contributed by atoms with van der Waals surface area (Å²) in [6.45, 7) is 2.93. The van der Waals surface area contributed by atoms with E-state index in [-0.39, 0.29) is 17.3 Å². The van der Waals surface area contributed by atoms with Gasteiger partial charge in [0.2, 0.25) is 0 Å². The fourth-order valence-corrected chi connectivity index (χ4v) is 2.26. The van der Waals surface area contributed by atoms with Crippen LogP contribution >= 0.6 is 0 Å². The van der Waals surface area contributed by atoms with Crippen molar-refractivity contribution in [2.24, 2.45) is 0 Å². The van der Waals surface area contributed by atoms with Crippen LogP contribution in [0.5, 0.6) is 0 Å². The van der Waals surface area contributed by atoms with Crippen LogP contribution in [0.1, 0.15) is 34.5 Å². The molecular formula is C18H18N2O5. The van der Waals surface area contributed by atoms with Crippen molar-refractivity contribution in [1.29, 1.82) is 0 Å². The van der Waals surface area contributed by atoms with E-state index in [1.54, 1.807) is 6.92 Å². The Labute approximate surface area is 144 Å². The van der Waals surface area contributed by atoms with Crippen molar-refractivity contribution in [3.05, 3.63) is 75.3 Å². The quantitative estimate of drug-likeness (QED) is 0.494. The molecular weight excluding hydrogens is 324 g/mol. The van der Waals surface area contributed by atoms with Gasteiger partial charge in [0.25, 0.3) is 11.6 Å².